The van der Waals surface area contributed by atoms with Crippen LogP contribution in [-0.2, 0) is 9.53 Å². The molecule has 0 rings (SSSR count). The quantitative estimate of drug-likeness (QED) is 0.110. The summed E-state index contributed by atoms with van der Waals surface area (Å²) in [6.45, 7) is 1.22. The second-order valence-corrected chi connectivity index (χ2v) is 12.0. The van der Waals surface area contributed by atoms with E-state index in [1.54, 1.807) is 0 Å². The van der Waals surface area contributed by atoms with Gasteiger partial charge in [-0.3, -0.25) is 4.79 Å². The molecule has 0 fully saturated rings. The number of rotatable bonds is 13. The van der Waals surface area contributed by atoms with E-state index < -0.39 is 134 Å². The number of aliphatic hydroxyl groups is 4. The van der Waals surface area contributed by atoms with Crippen LogP contribution in [0.3, 0.4) is 0 Å². The van der Waals surface area contributed by atoms with Gasteiger partial charge in [-0.1, -0.05) is 13.8 Å². The van der Waals surface area contributed by atoms with Crippen molar-refractivity contribution in [3.05, 3.63) is 0 Å². The van der Waals surface area contributed by atoms with Gasteiger partial charge in [0.05, 0.1) is 5.92 Å². The fourth-order valence-electron chi connectivity index (χ4n) is 4.69. The van der Waals surface area contributed by atoms with Crippen molar-refractivity contribution in [1.82, 2.24) is 0 Å². The Morgan fingerprint density at radius 3 is 0.722 bits per heavy atom. The van der Waals surface area contributed by atoms with Gasteiger partial charge in [0.15, 0.2) is 0 Å². The Bertz CT molecular complexity index is 1030. The molecule has 0 aliphatic rings. The molecular weight excluding hydrogens is 840 g/mol. The molecule has 0 heterocycles. The number of carbonyl (C=O) groups excluding carboxylic acids is 1. The van der Waals surface area contributed by atoms with Crippen LogP contribution in [0.1, 0.15) is 46.0 Å². The zero-order valence-electron chi connectivity index (χ0n) is 26.0. The number of esters is 1. The maximum absolute atomic E-state index is 13.7. The molecule has 1 atom stereocenters. The summed E-state index contributed by atoms with van der Waals surface area (Å²) >= 11 is 0. The second kappa shape index (κ2) is 15.2. The fraction of sp³-hybridized carbons (Fsp3) is 0.958. The largest absolute Gasteiger partial charge is 0.462 e. The van der Waals surface area contributed by atoms with Crippen molar-refractivity contribution in [2.75, 3.05) is 0 Å². The van der Waals surface area contributed by atoms with Crippen LogP contribution in [0, 0.1) is 17.8 Å². The molecule has 0 saturated carbocycles. The first-order valence-electron chi connectivity index (χ1n) is 13.8. The van der Waals surface area contributed by atoms with Gasteiger partial charge in [0, 0.05) is 37.5 Å². The minimum Gasteiger partial charge on any atom is -0.462 e. The summed E-state index contributed by atoms with van der Waals surface area (Å²) in [6.07, 6.45) is -82.3. The fourth-order valence-corrected chi connectivity index (χ4v) is 4.69. The van der Waals surface area contributed by atoms with Crippen molar-refractivity contribution in [2.24, 2.45) is 17.8 Å². The first kappa shape index (κ1) is 51.6. The molecule has 0 aliphatic heterocycles. The molecule has 4 N–H and O–H groups in total. The van der Waals surface area contributed by atoms with E-state index in [9.17, 15) is 131 Å². The highest BCUT2D eigenvalue weighted by atomic mass is 19.4. The number of halogens is 24. The summed E-state index contributed by atoms with van der Waals surface area (Å²) in [4.78, 5) is 12.6. The lowest BCUT2D eigenvalue weighted by Gasteiger charge is -2.46. The highest BCUT2D eigenvalue weighted by Crippen LogP contribution is 2.57. The second-order valence-electron chi connectivity index (χ2n) is 12.0. The molecule has 0 aliphatic carbocycles. The monoisotopic (exact) mass is 864 g/mol. The predicted octanol–water partition coefficient (Wildman–Crippen LogP) is 8.16. The SMILES string of the molecule is CCC(C)C(=O)OC(C(CC(O)(C(F)(F)F)C(F)(F)F)CC(O)(C(F)(F)F)C(F)(F)F)C(CC(O)(C(F)(F)F)C(F)(F)F)CC(O)(C(F)(F)F)C(F)(F)F. The number of ether oxygens (including phenoxy) is 1. The van der Waals surface area contributed by atoms with E-state index >= 15 is 0 Å². The minimum atomic E-state index is -7.50. The Morgan fingerprint density at radius 2 is 0.593 bits per heavy atom. The van der Waals surface area contributed by atoms with Gasteiger partial charge < -0.3 is 25.2 Å². The van der Waals surface area contributed by atoms with Crippen LogP contribution >= 0.6 is 0 Å². The summed E-state index contributed by atoms with van der Waals surface area (Å²) in [5.74, 6) is -14.6. The molecule has 0 aromatic carbocycles. The molecular formula is C24H24F24O6. The normalized spacial score (nSPS) is 16.5. The molecule has 0 aromatic heterocycles. The van der Waals surface area contributed by atoms with Crippen LogP contribution in [0.5, 0.6) is 0 Å². The molecule has 0 saturated heterocycles. The van der Waals surface area contributed by atoms with E-state index in [1.165, 1.54) is 0 Å². The van der Waals surface area contributed by atoms with Gasteiger partial charge in [0.1, 0.15) is 6.10 Å². The van der Waals surface area contributed by atoms with Crippen LogP contribution < -0.4 is 0 Å². The van der Waals surface area contributed by atoms with Gasteiger partial charge in [-0.05, 0) is 6.42 Å². The average molecular weight is 864 g/mol. The van der Waals surface area contributed by atoms with Gasteiger partial charge in [-0.25, -0.2) is 0 Å². The Hall–Kier alpha value is -2.37. The van der Waals surface area contributed by atoms with E-state index in [4.69, 9.17) is 0 Å². The molecule has 30 heteroatoms. The molecule has 54 heavy (non-hydrogen) atoms. The standard InChI is InChI=1S/C24H24F24O6/c1-3-8(2)12(49)54-11(9(4-13(50,17(25,26)27)18(28,29)30)5-14(51,19(31,32)33)20(34,35)36)10(6-15(52,21(37,38)39)22(40,41)42)7-16(53,23(43,44)45)24(46,47)48/h8-11,50-53H,3-7H2,1-2H3. The molecule has 0 amide bonds. The first-order chi connectivity index (χ1) is 23.1. The highest BCUT2D eigenvalue weighted by Gasteiger charge is 2.77. The molecule has 324 valence electrons. The Labute approximate surface area is 284 Å². The maximum Gasteiger partial charge on any atom is 0.426 e. The Balaban J connectivity index is 9.00. The summed E-state index contributed by atoms with van der Waals surface area (Å²) in [5.41, 5.74) is -27.6. The van der Waals surface area contributed by atoms with E-state index in [1.807, 2.05) is 0 Å². The Morgan fingerprint density at radius 1 is 0.426 bits per heavy atom. The molecule has 0 radical (unpaired) electrons. The lowest BCUT2D eigenvalue weighted by molar-refractivity contribution is -0.391. The molecule has 0 bridgehead atoms. The highest BCUT2D eigenvalue weighted by molar-refractivity contribution is 5.72. The third-order valence-corrected chi connectivity index (χ3v) is 8.18. The van der Waals surface area contributed by atoms with Crippen molar-refractivity contribution < 1.29 is 135 Å². The van der Waals surface area contributed by atoms with Gasteiger partial charge >= 0.3 is 55.4 Å². The lowest BCUT2D eigenvalue weighted by Crippen LogP contribution is -2.64. The zero-order valence-corrected chi connectivity index (χ0v) is 26.0. The predicted molar refractivity (Wildman–Crippen MR) is 123 cm³/mol. The van der Waals surface area contributed by atoms with Gasteiger partial charge in [-0.15, -0.1) is 0 Å². The minimum absolute atomic E-state index is 0.441. The van der Waals surface area contributed by atoms with Crippen molar-refractivity contribution >= 4 is 5.97 Å². The lowest BCUT2D eigenvalue weighted by atomic mass is 9.70. The zero-order chi connectivity index (χ0) is 44.1. The van der Waals surface area contributed by atoms with Gasteiger partial charge in [0.2, 0.25) is 0 Å². The molecule has 0 aromatic rings. The maximum atomic E-state index is 13.7. The van der Waals surface area contributed by atoms with E-state index in [0.717, 1.165) is 6.92 Å². The summed E-state index contributed by atoms with van der Waals surface area (Å²) < 4.78 is 332. The van der Waals surface area contributed by atoms with E-state index in [0.29, 0.717) is 6.92 Å². The molecule has 0 spiro atoms. The van der Waals surface area contributed by atoms with Crippen LogP contribution in [0.25, 0.3) is 0 Å². The summed E-state index contributed by atoms with van der Waals surface area (Å²) in [5, 5.41) is 38.4. The summed E-state index contributed by atoms with van der Waals surface area (Å²) in [7, 11) is 0. The van der Waals surface area contributed by atoms with Gasteiger partial charge in [0.25, 0.3) is 22.4 Å². The van der Waals surface area contributed by atoms with E-state index in [-0.39, 0.29) is 0 Å². The van der Waals surface area contributed by atoms with Crippen molar-refractivity contribution in [3.8, 4) is 0 Å². The number of carbonyl (C=O) groups is 1. The average Bonchev–Trinajstić information content (AvgIpc) is 2.89. The van der Waals surface area contributed by atoms with Crippen molar-refractivity contribution in [3.63, 3.8) is 0 Å². The van der Waals surface area contributed by atoms with Crippen LogP contribution in [0.2, 0.25) is 0 Å². The van der Waals surface area contributed by atoms with Crippen LogP contribution in [0.4, 0.5) is 105 Å². The third-order valence-electron chi connectivity index (χ3n) is 8.18. The van der Waals surface area contributed by atoms with Crippen LogP contribution in [-0.4, -0.2) is 104 Å². The molecule has 1 unspecified atom stereocenters. The number of hydrogen-bond donors (Lipinski definition) is 4. The molecule has 6 nitrogen and oxygen atoms in total. The van der Waals surface area contributed by atoms with E-state index in [2.05, 4.69) is 4.74 Å². The third kappa shape index (κ3) is 10.1. The number of alkyl halides is 24. The van der Waals surface area contributed by atoms with Crippen molar-refractivity contribution in [2.45, 2.75) is 124 Å². The number of hydrogen-bond acceptors (Lipinski definition) is 6. The first-order valence-corrected chi connectivity index (χ1v) is 13.8. The topological polar surface area (TPSA) is 107 Å². The van der Waals surface area contributed by atoms with Crippen molar-refractivity contribution in [1.29, 1.82) is 0 Å². The summed E-state index contributed by atoms with van der Waals surface area (Å²) in [6, 6.07) is 0. The smallest absolute Gasteiger partial charge is 0.426 e. The van der Waals surface area contributed by atoms with Crippen LogP contribution in [0.15, 0.2) is 0 Å². The van der Waals surface area contributed by atoms with Gasteiger partial charge in [-0.2, -0.15) is 105 Å². The Kier molecular flexibility index (Phi) is 14.5.